The molecule has 3 rings (SSSR count). The smallest absolute Gasteiger partial charge is 0.387 e. The fourth-order valence-corrected chi connectivity index (χ4v) is 3.15. The summed E-state index contributed by atoms with van der Waals surface area (Å²) < 4.78 is 28.9. The maximum absolute atomic E-state index is 12.3. The summed E-state index contributed by atoms with van der Waals surface area (Å²) in [6.07, 6.45) is 7.97. The highest BCUT2D eigenvalue weighted by molar-refractivity contribution is 6.16. The van der Waals surface area contributed by atoms with E-state index in [1.165, 1.54) is 18.6 Å². The van der Waals surface area contributed by atoms with E-state index in [1.54, 1.807) is 30.5 Å². The normalized spacial score (nSPS) is 14.7. The molecule has 1 fully saturated rings. The molecule has 1 aromatic carbocycles. The number of nitrogens with one attached hydrogen (secondary N) is 1. The maximum Gasteiger partial charge on any atom is 0.387 e. The number of aliphatic imine (C=N–C) groups is 1. The van der Waals surface area contributed by atoms with Crippen molar-refractivity contribution in [2.24, 2.45) is 10.7 Å². The number of anilines is 1. The second-order valence-electron chi connectivity index (χ2n) is 6.60. The molecule has 6 nitrogen and oxygen atoms in total. The minimum absolute atomic E-state index is 0.0525. The van der Waals surface area contributed by atoms with Crippen molar-refractivity contribution in [1.82, 2.24) is 4.98 Å². The molecule has 8 heteroatoms. The van der Waals surface area contributed by atoms with Gasteiger partial charge in [-0.1, -0.05) is 26.0 Å². The van der Waals surface area contributed by atoms with Crippen molar-refractivity contribution in [3.8, 4) is 5.75 Å². The van der Waals surface area contributed by atoms with Crippen molar-refractivity contribution in [2.45, 2.75) is 39.7 Å². The zero-order valence-electron chi connectivity index (χ0n) is 17.9. The largest absolute Gasteiger partial charge is 0.435 e. The Hall–Kier alpha value is -3.29. The number of amidine groups is 1. The van der Waals surface area contributed by atoms with Gasteiger partial charge in [-0.2, -0.15) is 8.78 Å². The third-order valence-electron chi connectivity index (χ3n) is 4.54. The number of nitrogens with two attached hydrogens (primary N) is 1. The number of pyridine rings is 1. The van der Waals surface area contributed by atoms with Crippen molar-refractivity contribution >= 4 is 29.1 Å². The molecule has 0 saturated carbocycles. The molecule has 0 amide bonds. The van der Waals surface area contributed by atoms with Gasteiger partial charge < -0.3 is 20.8 Å². The number of ether oxygens (including phenoxy) is 1. The Balaban J connectivity index is 0.00000166. The molecule has 31 heavy (non-hydrogen) atoms. The standard InChI is InChI=1S/C21H23F2N5O.C2H6/c22-21(23)29-18-6-4-15(5-7-18)16(14-24)12-19(25)27-17-8-9-26-20(13-17)28-10-2-1-3-11-28;1-2/h4-9,12-14,21,24H,1-3,10-11H2,(H2,25,26,27);1-2H3/b16-12+,24-14?;. The monoisotopic (exact) mass is 429 g/mol. The van der Waals surface area contributed by atoms with E-state index < -0.39 is 6.61 Å². The molecule has 2 aromatic rings. The molecule has 1 aliphatic heterocycles. The summed E-state index contributed by atoms with van der Waals surface area (Å²) in [5, 5.41) is 7.63. The Morgan fingerprint density at radius 1 is 1.16 bits per heavy atom. The van der Waals surface area contributed by atoms with Crippen LogP contribution in [0.2, 0.25) is 0 Å². The Kier molecular flexibility index (Phi) is 9.61. The number of rotatable bonds is 7. The number of hydrogen-bond donors (Lipinski definition) is 2. The summed E-state index contributed by atoms with van der Waals surface area (Å²) >= 11 is 0. The van der Waals surface area contributed by atoms with Gasteiger partial charge in [-0.05, 0) is 49.1 Å². The predicted molar refractivity (Wildman–Crippen MR) is 123 cm³/mol. The van der Waals surface area contributed by atoms with Gasteiger partial charge in [0.2, 0.25) is 0 Å². The number of nitrogens with zero attached hydrogens (tertiary/aromatic N) is 3. The first-order valence-corrected chi connectivity index (χ1v) is 10.4. The van der Waals surface area contributed by atoms with Gasteiger partial charge in [0.1, 0.15) is 17.4 Å². The number of benzene rings is 1. The number of piperidine rings is 1. The Labute approximate surface area is 182 Å². The average molecular weight is 430 g/mol. The van der Waals surface area contributed by atoms with E-state index in [2.05, 4.69) is 19.6 Å². The molecule has 0 radical (unpaired) electrons. The van der Waals surface area contributed by atoms with E-state index in [9.17, 15) is 8.78 Å². The van der Waals surface area contributed by atoms with Crippen LogP contribution in [-0.4, -0.2) is 36.7 Å². The van der Waals surface area contributed by atoms with Crippen molar-refractivity contribution < 1.29 is 13.5 Å². The van der Waals surface area contributed by atoms with Crippen LogP contribution in [-0.2, 0) is 0 Å². The highest BCUT2D eigenvalue weighted by Gasteiger charge is 2.12. The number of alkyl halides is 2. The van der Waals surface area contributed by atoms with Gasteiger partial charge >= 0.3 is 6.61 Å². The van der Waals surface area contributed by atoms with Gasteiger partial charge in [-0.15, -0.1) is 0 Å². The SMILES string of the molecule is CC.N=C/C(=C\C(N)=Nc1ccnc(N2CCCCC2)c1)c1ccc(OC(F)F)cc1. The van der Waals surface area contributed by atoms with E-state index >= 15 is 0 Å². The fourth-order valence-electron chi connectivity index (χ4n) is 3.15. The van der Waals surface area contributed by atoms with Crippen molar-refractivity contribution in [1.29, 1.82) is 5.41 Å². The average Bonchev–Trinajstić information content (AvgIpc) is 2.80. The van der Waals surface area contributed by atoms with Crippen LogP contribution in [0.5, 0.6) is 5.75 Å². The third-order valence-corrected chi connectivity index (χ3v) is 4.54. The number of hydrogen-bond acceptors (Lipinski definition) is 5. The van der Waals surface area contributed by atoms with Crippen LogP contribution in [0.3, 0.4) is 0 Å². The van der Waals surface area contributed by atoms with Crippen molar-refractivity contribution in [3.63, 3.8) is 0 Å². The molecular weight excluding hydrogens is 400 g/mol. The van der Waals surface area contributed by atoms with Crippen LogP contribution in [0, 0.1) is 5.41 Å². The fraction of sp³-hybridized carbons (Fsp3) is 0.348. The van der Waals surface area contributed by atoms with Gasteiger partial charge in [-0.25, -0.2) is 9.98 Å². The molecule has 0 atom stereocenters. The lowest BCUT2D eigenvalue weighted by Crippen LogP contribution is -2.29. The van der Waals surface area contributed by atoms with Gasteiger partial charge in [0, 0.05) is 37.1 Å². The second kappa shape index (κ2) is 12.4. The lowest BCUT2D eigenvalue weighted by Gasteiger charge is -2.27. The lowest BCUT2D eigenvalue weighted by atomic mass is 10.1. The van der Waals surface area contributed by atoms with Crippen LogP contribution < -0.4 is 15.4 Å². The van der Waals surface area contributed by atoms with Gasteiger partial charge in [0.15, 0.2) is 0 Å². The first kappa shape index (κ1) is 24.0. The zero-order chi connectivity index (χ0) is 22.6. The molecule has 1 aromatic heterocycles. The zero-order valence-corrected chi connectivity index (χ0v) is 17.9. The van der Waals surface area contributed by atoms with E-state index in [-0.39, 0.29) is 11.6 Å². The predicted octanol–water partition coefficient (Wildman–Crippen LogP) is 5.42. The van der Waals surface area contributed by atoms with E-state index in [0.29, 0.717) is 16.8 Å². The molecule has 166 valence electrons. The molecular formula is C23H29F2N5O. The number of allylic oxidation sites excluding steroid dienone is 1. The summed E-state index contributed by atoms with van der Waals surface area (Å²) in [7, 11) is 0. The Morgan fingerprint density at radius 3 is 2.45 bits per heavy atom. The lowest BCUT2D eigenvalue weighted by molar-refractivity contribution is -0.0498. The maximum atomic E-state index is 12.3. The van der Waals surface area contributed by atoms with Gasteiger partial charge in [0.05, 0.1) is 5.69 Å². The molecule has 1 aliphatic rings. The highest BCUT2D eigenvalue weighted by atomic mass is 19.3. The second-order valence-corrected chi connectivity index (χ2v) is 6.60. The van der Waals surface area contributed by atoms with E-state index in [0.717, 1.165) is 38.0 Å². The van der Waals surface area contributed by atoms with Gasteiger partial charge in [0.25, 0.3) is 0 Å². The molecule has 0 bridgehead atoms. The minimum atomic E-state index is -2.88. The molecule has 1 saturated heterocycles. The van der Waals surface area contributed by atoms with Crippen LogP contribution in [0.25, 0.3) is 5.57 Å². The molecule has 0 spiro atoms. The van der Waals surface area contributed by atoms with Crippen molar-refractivity contribution in [3.05, 3.63) is 54.2 Å². The summed E-state index contributed by atoms with van der Waals surface area (Å²) in [5.41, 5.74) is 7.88. The molecule has 0 unspecified atom stereocenters. The summed E-state index contributed by atoms with van der Waals surface area (Å²) in [5.74, 6) is 1.16. The van der Waals surface area contributed by atoms with E-state index in [1.807, 2.05) is 19.9 Å². The van der Waals surface area contributed by atoms with Crippen molar-refractivity contribution in [2.75, 3.05) is 18.0 Å². The quantitative estimate of drug-likeness (QED) is 0.454. The summed E-state index contributed by atoms with van der Waals surface area (Å²) in [6, 6.07) is 9.67. The van der Waals surface area contributed by atoms with E-state index in [4.69, 9.17) is 11.1 Å². The first-order chi connectivity index (χ1) is 15.0. The number of halogens is 2. The van der Waals surface area contributed by atoms with Crippen LogP contribution in [0.15, 0.2) is 53.7 Å². The Morgan fingerprint density at radius 2 is 1.84 bits per heavy atom. The van der Waals surface area contributed by atoms with Crippen LogP contribution in [0.4, 0.5) is 20.3 Å². The topological polar surface area (TPSA) is 87.6 Å². The summed E-state index contributed by atoms with van der Waals surface area (Å²) in [4.78, 5) is 11.1. The molecule has 2 heterocycles. The van der Waals surface area contributed by atoms with Gasteiger partial charge in [-0.3, -0.25) is 0 Å². The molecule has 0 aliphatic carbocycles. The molecule has 3 N–H and O–H groups in total. The Bertz CT molecular complexity index is 891. The number of aromatic nitrogens is 1. The summed E-state index contributed by atoms with van der Waals surface area (Å²) in [6.45, 7) is 3.09. The third kappa shape index (κ3) is 7.47. The first-order valence-electron chi connectivity index (χ1n) is 10.4. The van der Waals surface area contributed by atoms with Crippen LogP contribution in [0.1, 0.15) is 38.7 Å². The van der Waals surface area contributed by atoms with Crippen LogP contribution >= 0.6 is 0 Å². The highest BCUT2D eigenvalue weighted by Crippen LogP contribution is 2.23. The minimum Gasteiger partial charge on any atom is -0.435 e.